The van der Waals surface area contributed by atoms with E-state index >= 15 is 0 Å². The normalized spacial score (nSPS) is 18.9. The minimum atomic E-state index is 0.125. The van der Waals surface area contributed by atoms with Gasteiger partial charge in [-0.1, -0.05) is 18.6 Å². The van der Waals surface area contributed by atoms with Gasteiger partial charge in [0.15, 0.2) is 6.29 Å². The molecular weight excluding hydrogens is 276 g/mol. The molecule has 1 fully saturated rings. The first-order chi connectivity index (χ1) is 10.9. The highest BCUT2D eigenvalue weighted by Crippen LogP contribution is 2.13. The zero-order valence-electron chi connectivity index (χ0n) is 13.1. The summed E-state index contributed by atoms with van der Waals surface area (Å²) in [5.41, 5.74) is 1.25. The minimum Gasteiger partial charge on any atom is -0.492 e. The van der Waals surface area contributed by atoms with Crippen molar-refractivity contribution in [2.24, 2.45) is 0 Å². The first kappa shape index (κ1) is 15.2. The molecule has 2 heterocycles. The molecule has 0 radical (unpaired) electrons. The summed E-state index contributed by atoms with van der Waals surface area (Å²) in [7, 11) is 0. The van der Waals surface area contributed by atoms with Gasteiger partial charge in [-0.15, -0.1) is 0 Å². The van der Waals surface area contributed by atoms with Crippen LogP contribution in [0.5, 0.6) is 5.75 Å². The van der Waals surface area contributed by atoms with E-state index in [0.29, 0.717) is 0 Å². The van der Waals surface area contributed by atoms with Crippen LogP contribution in [0.25, 0.3) is 0 Å². The Morgan fingerprint density at radius 1 is 1.05 bits per heavy atom. The van der Waals surface area contributed by atoms with E-state index < -0.39 is 0 Å². The zero-order valence-corrected chi connectivity index (χ0v) is 13.1. The summed E-state index contributed by atoms with van der Waals surface area (Å²) in [5, 5.41) is 9.70. The maximum absolute atomic E-state index is 5.84. The Kier molecular flexibility index (Phi) is 5.56. The second-order valence-corrected chi connectivity index (χ2v) is 5.88. The molecule has 1 saturated heterocycles. The fourth-order valence-electron chi connectivity index (χ4n) is 2.85. The highest BCUT2D eigenvalue weighted by atomic mass is 16.5. The molecule has 2 aliphatic rings. The third-order valence-corrected chi connectivity index (χ3v) is 4.17. The van der Waals surface area contributed by atoms with E-state index in [1.807, 2.05) is 12.4 Å². The van der Waals surface area contributed by atoms with E-state index in [1.165, 1.54) is 37.9 Å². The lowest BCUT2D eigenvalue weighted by Crippen LogP contribution is -2.44. The first-order valence-corrected chi connectivity index (χ1v) is 8.25. The van der Waals surface area contributed by atoms with Gasteiger partial charge in [0.1, 0.15) is 12.4 Å². The molecule has 5 heteroatoms. The number of hydrogen-bond donors (Lipinski definition) is 3. The number of nitrogens with zero attached hydrogens (tertiary/aromatic N) is 1. The largest absolute Gasteiger partial charge is 0.492 e. The number of likely N-dealkylation sites (tertiary alicyclic amines) is 1. The molecule has 5 nitrogen and oxygen atoms in total. The van der Waals surface area contributed by atoms with Crippen molar-refractivity contribution in [1.82, 2.24) is 20.9 Å². The lowest BCUT2D eigenvalue weighted by Gasteiger charge is -2.26. The summed E-state index contributed by atoms with van der Waals surface area (Å²) in [5.74, 6) is 0.958. The van der Waals surface area contributed by atoms with Crippen molar-refractivity contribution in [2.75, 3.05) is 26.2 Å². The van der Waals surface area contributed by atoms with Gasteiger partial charge in [-0.25, -0.2) is 0 Å². The predicted octanol–water partition coefficient (Wildman–Crippen LogP) is 1.59. The molecule has 1 aromatic rings. The Bertz CT molecular complexity index is 460. The molecule has 0 unspecified atom stereocenters. The van der Waals surface area contributed by atoms with Crippen LogP contribution < -0.4 is 20.7 Å². The topological polar surface area (TPSA) is 48.6 Å². The van der Waals surface area contributed by atoms with Crippen molar-refractivity contribution < 1.29 is 4.74 Å². The van der Waals surface area contributed by atoms with Gasteiger partial charge in [-0.3, -0.25) is 10.2 Å². The van der Waals surface area contributed by atoms with Crippen LogP contribution in [-0.4, -0.2) is 37.4 Å². The van der Waals surface area contributed by atoms with Crippen molar-refractivity contribution in [3.05, 3.63) is 42.2 Å². The summed E-state index contributed by atoms with van der Waals surface area (Å²) in [4.78, 5) is 2.50. The van der Waals surface area contributed by atoms with Crippen molar-refractivity contribution in [3.8, 4) is 5.75 Å². The van der Waals surface area contributed by atoms with Gasteiger partial charge in [0.25, 0.3) is 0 Å². The van der Waals surface area contributed by atoms with Crippen LogP contribution in [0.2, 0.25) is 0 Å². The zero-order chi connectivity index (χ0) is 15.0. The summed E-state index contributed by atoms with van der Waals surface area (Å²) >= 11 is 0. The number of hydrogen-bond acceptors (Lipinski definition) is 5. The van der Waals surface area contributed by atoms with Gasteiger partial charge in [-0.2, -0.15) is 0 Å². The van der Waals surface area contributed by atoms with Crippen molar-refractivity contribution >= 4 is 0 Å². The Morgan fingerprint density at radius 2 is 1.77 bits per heavy atom. The van der Waals surface area contributed by atoms with E-state index in [4.69, 9.17) is 4.74 Å². The third-order valence-electron chi connectivity index (χ3n) is 4.17. The van der Waals surface area contributed by atoms with Gasteiger partial charge in [-0.05, 0) is 43.6 Å². The van der Waals surface area contributed by atoms with Gasteiger partial charge < -0.3 is 15.4 Å². The number of rotatable bonds is 7. The smallest absolute Gasteiger partial charge is 0.152 e. The molecule has 22 heavy (non-hydrogen) atoms. The summed E-state index contributed by atoms with van der Waals surface area (Å²) in [6, 6.07) is 8.35. The lowest BCUT2D eigenvalue weighted by molar-refractivity contribution is 0.183. The second kappa shape index (κ2) is 8.06. The van der Waals surface area contributed by atoms with Gasteiger partial charge >= 0.3 is 0 Å². The van der Waals surface area contributed by atoms with E-state index in [2.05, 4.69) is 45.1 Å². The molecule has 3 rings (SSSR count). The van der Waals surface area contributed by atoms with Crippen LogP contribution in [0.1, 0.15) is 24.8 Å². The number of nitrogens with one attached hydrogen (secondary N) is 3. The average molecular weight is 302 g/mol. The molecule has 1 aromatic carbocycles. The average Bonchev–Trinajstić information content (AvgIpc) is 3.09. The van der Waals surface area contributed by atoms with E-state index in [1.54, 1.807) is 0 Å². The molecule has 0 aliphatic carbocycles. The number of benzene rings is 1. The van der Waals surface area contributed by atoms with Gasteiger partial charge in [0, 0.05) is 25.5 Å². The summed E-state index contributed by atoms with van der Waals surface area (Å²) < 4.78 is 5.84. The van der Waals surface area contributed by atoms with Crippen molar-refractivity contribution in [2.45, 2.75) is 32.1 Å². The Hall–Kier alpha value is -1.72. The molecule has 0 saturated carbocycles. The quantitative estimate of drug-likeness (QED) is 0.714. The number of piperidine rings is 1. The standard InChI is InChI=1S/C17H26N4O/c1-2-10-21(11-3-1)12-13-22-16-6-4-15(5-7-16)14-20-17-18-8-9-19-17/h4-9,17-20H,1-3,10-14H2. The Labute approximate surface area is 132 Å². The molecule has 2 aliphatic heterocycles. The lowest BCUT2D eigenvalue weighted by atomic mass is 10.1. The highest BCUT2D eigenvalue weighted by molar-refractivity contribution is 5.27. The fourth-order valence-corrected chi connectivity index (χ4v) is 2.85. The first-order valence-electron chi connectivity index (χ1n) is 8.25. The van der Waals surface area contributed by atoms with Crippen molar-refractivity contribution in [3.63, 3.8) is 0 Å². The summed E-state index contributed by atoms with van der Waals surface area (Å²) in [6.45, 7) is 5.09. The van der Waals surface area contributed by atoms with Crippen LogP contribution in [-0.2, 0) is 6.54 Å². The molecule has 0 aromatic heterocycles. The second-order valence-electron chi connectivity index (χ2n) is 5.88. The minimum absolute atomic E-state index is 0.125. The fraction of sp³-hybridized carbons (Fsp3) is 0.529. The van der Waals surface area contributed by atoms with Gasteiger partial charge in [0.2, 0.25) is 0 Å². The summed E-state index contributed by atoms with van der Waals surface area (Å²) in [6.07, 6.45) is 7.98. The number of ether oxygens (including phenoxy) is 1. The van der Waals surface area contributed by atoms with E-state index in [0.717, 1.165) is 25.4 Å². The predicted molar refractivity (Wildman–Crippen MR) is 88.3 cm³/mol. The maximum atomic E-state index is 5.84. The molecule has 120 valence electrons. The van der Waals surface area contributed by atoms with E-state index in [-0.39, 0.29) is 6.29 Å². The molecular formula is C17H26N4O. The monoisotopic (exact) mass is 302 g/mol. The van der Waals surface area contributed by atoms with Crippen molar-refractivity contribution in [1.29, 1.82) is 0 Å². The highest BCUT2D eigenvalue weighted by Gasteiger charge is 2.09. The molecule has 0 bridgehead atoms. The van der Waals surface area contributed by atoms with Crippen LogP contribution >= 0.6 is 0 Å². The van der Waals surface area contributed by atoms with Crippen LogP contribution in [0.4, 0.5) is 0 Å². The third kappa shape index (κ3) is 4.64. The SMILES string of the molecule is C1=CNC(NCc2ccc(OCCN3CCCCC3)cc2)N1. The molecule has 0 atom stereocenters. The molecule has 0 spiro atoms. The van der Waals surface area contributed by atoms with Crippen LogP contribution in [0.15, 0.2) is 36.7 Å². The molecule has 3 N–H and O–H groups in total. The molecule has 0 amide bonds. The van der Waals surface area contributed by atoms with E-state index in [9.17, 15) is 0 Å². The van der Waals surface area contributed by atoms with Gasteiger partial charge in [0.05, 0.1) is 0 Å². The Balaban J connectivity index is 1.35. The maximum Gasteiger partial charge on any atom is 0.152 e. The van der Waals surface area contributed by atoms with Crippen LogP contribution in [0, 0.1) is 0 Å². The Morgan fingerprint density at radius 3 is 2.50 bits per heavy atom. The van der Waals surface area contributed by atoms with Crippen LogP contribution in [0.3, 0.4) is 0 Å².